The summed E-state index contributed by atoms with van der Waals surface area (Å²) in [6.07, 6.45) is 0. The van der Waals surface area contributed by atoms with Crippen molar-refractivity contribution < 1.29 is 9.53 Å². The molecule has 3 nitrogen and oxygen atoms in total. The SMILES string of the molecule is CCOc1ccc(C(C)(C)CNC(=O)Br)cc1C. The predicted octanol–water partition coefficient (Wildman–Crippen LogP) is 3.78. The van der Waals surface area contributed by atoms with Gasteiger partial charge in [0.1, 0.15) is 5.75 Å². The monoisotopic (exact) mass is 313 g/mol. The van der Waals surface area contributed by atoms with Crippen molar-refractivity contribution in [3.8, 4) is 5.75 Å². The molecule has 0 saturated heterocycles. The van der Waals surface area contributed by atoms with Gasteiger partial charge < -0.3 is 10.1 Å². The van der Waals surface area contributed by atoms with Gasteiger partial charge in [0.2, 0.25) is 0 Å². The van der Waals surface area contributed by atoms with Crippen LogP contribution in [0.3, 0.4) is 0 Å². The fraction of sp³-hybridized carbons (Fsp3) is 0.500. The van der Waals surface area contributed by atoms with E-state index in [0.29, 0.717) is 13.2 Å². The van der Waals surface area contributed by atoms with Gasteiger partial charge in [-0.05, 0) is 31.0 Å². The Morgan fingerprint density at radius 3 is 2.61 bits per heavy atom. The van der Waals surface area contributed by atoms with Crippen LogP contribution < -0.4 is 10.1 Å². The highest BCUT2D eigenvalue weighted by Gasteiger charge is 2.21. The lowest BCUT2D eigenvalue weighted by Gasteiger charge is -2.26. The normalized spacial score (nSPS) is 11.2. The van der Waals surface area contributed by atoms with Crippen molar-refractivity contribution >= 4 is 20.7 Å². The maximum absolute atomic E-state index is 10.9. The fourth-order valence-electron chi connectivity index (χ4n) is 1.78. The Labute approximate surface area is 117 Å². The molecule has 0 spiro atoms. The molecule has 0 aromatic heterocycles. The topological polar surface area (TPSA) is 38.3 Å². The Kier molecular flexibility index (Phi) is 5.20. The zero-order valence-electron chi connectivity index (χ0n) is 11.3. The molecule has 0 aliphatic heterocycles. The Morgan fingerprint density at radius 1 is 1.44 bits per heavy atom. The lowest BCUT2D eigenvalue weighted by Crippen LogP contribution is -2.34. The van der Waals surface area contributed by atoms with Gasteiger partial charge in [-0.3, -0.25) is 4.79 Å². The number of aryl methyl sites for hydroxylation is 1. The molecule has 100 valence electrons. The quantitative estimate of drug-likeness (QED) is 0.663. The molecule has 1 amide bonds. The zero-order valence-corrected chi connectivity index (χ0v) is 12.9. The molecule has 1 aromatic carbocycles. The highest BCUT2D eigenvalue weighted by atomic mass is 79.9. The summed E-state index contributed by atoms with van der Waals surface area (Å²) in [5.74, 6) is 0.918. The molecule has 18 heavy (non-hydrogen) atoms. The largest absolute Gasteiger partial charge is 0.494 e. The van der Waals surface area contributed by atoms with Crippen LogP contribution in [0.4, 0.5) is 4.79 Å². The second-order valence-electron chi connectivity index (χ2n) is 4.92. The van der Waals surface area contributed by atoms with Crippen molar-refractivity contribution in [3.05, 3.63) is 29.3 Å². The summed E-state index contributed by atoms with van der Waals surface area (Å²) >= 11 is 2.88. The minimum Gasteiger partial charge on any atom is -0.494 e. The van der Waals surface area contributed by atoms with Crippen molar-refractivity contribution in [2.75, 3.05) is 13.2 Å². The van der Waals surface area contributed by atoms with Crippen LogP contribution in [0.25, 0.3) is 0 Å². The average Bonchev–Trinajstić information content (AvgIpc) is 2.29. The fourth-order valence-corrected chi connectivity index (χ4v) is 1.92. The van der Waals surface area contributed by atoms with Gasteiger partial charge in [-0.2, -0.15) is 0 Å². The van der Waals surface area contributed by atoms with Gasteiger partial charge in [0.25, 0.3) is 4.82 Å². The molecule has 4 heteroatoms. The molecule has 0 bridgehead atoms. The second kappa shape index (κ2) is 6.23. The lowest BCUT2D eigenvalue weighted by molar-refractivity contribution is 0.259. The molecule has 1 N–H and O–H groups in total. The third-order valence-corrected chi connectivity index (χ3v) is 3.21. The van der Waals surface area contributed by atoms with Crippen LogP contribution in [0.2, 0.25) is 0 Å². The number of benzene rings is 1. The van der Waals surface area contributed by atoms with E-state index in [1.54, 1.807) is 0 Å². The van der Waals surface area contributed by atoms with E-state index in [1.165, 1.54) is 5.56 Å². The van der Waals surface area contributed by atoms with Crippen LogP contribution in [0, 0.1) is 6.92 Å². The molecule has 0 fully saturated rings. The standard InChI is InChI=1S/C14H20BrNO2/c1-5-18-12-7-6-11(8-10(12)2)14(3,4)9-16-13(15)17/h6-8H,5,9H2,1-4H3,(H,16,17). The molecular formula is C14H20BrNO2. The molecule has 0 heterocycles. The third kappa shape index (κ3) is 4.02. The minimum absolute atomic E-state index is 0.112. The average molecular weight is 314 g/mol. The molecule has 0 atom stereocenters. The first-order chi connectivity index (χ1) is 8.36. The van der Waals surface area contributed by atoms with Crippen LogP contribution in [0.1, 0.15) is 31.9 Å². The van der Waals surface area contributed by atoms with E-state index in [0.717, 1.165) is 11.3 Å². The maximum Gasteiger partial charge on any atom is 0.287 e. The summed E-state index contributed by atoms with van der Waals surface area (Å²) < 4.78 is 5.53. The lowest BCUT2D eigenvalue weighted by atomic mass is 9.84. The first kappa shape index (κ1) is 15.0. The van der Waals surface area contributed by atoms with Crippen molar-refractivity contribution in [1.29, 1.82) is 0 Å². The van der Waals surface area contributed by atoms with Crippen molar-refractivity contribution in [3.63, 3.8) is 0 Å². The number of halogens is 1. The first-order valence-corrected chi connectivity index (χ1v) is 6.83. The molecule has 0 radical (unpaired) electrons. The molecule has 0 saturated carbocycles. The summed E-state index contributed by atoms with van der Waals surface area (Å²) in [6, 6.07) is 6.16. The van der Waals surface area contributed by atoms with Crippen molar-refractivity contribution in [2.24, 2.45) is 0 Å². The molecular weight excluding hydrogens is 294 g/mol. The Bertz CT molecular complexity index is 430. The number of ether oxygens (including phenoxy) is 1. The summed E-state index contributed by atoms with van der Waals surface area (Å²) in [5, 5.41) is 2.79. The van der Waals surface area contributed by atoms with E-state index in [1.807, 2.05) is 19.9 Å². The molecule has 1 aromatic rings. The highest BCUT2D eigenvalue weighted by Crippen LogP contribution is 2.27. The molecule has 1 rings (SSSR count). The van der Waals surface area contributed by atoms with Gasteiger partial charge in [-0.15, -0.1) is 0 Å². The smallest absolute Gasteiger partial charge is 0.287 e. The van der Waals surface area contributed by atoms with Gasteiger partial charge in [0, 0.05) is 27.9 Å². The van der Waals surface area contributed by atoms with E-state index in [2.05, 4.69) is 47.2 Å². The minimum atomic E-state index is -0.182. The molecule has 0 unspecified atom stereocenters. The van der Waals surface area contributed by atoms with Gasteiger partial charge >= 0.3 is 0 Å². The first-order valence-electron chi connectivity index (χ1n) is 6.04. The summed E-state index contributed by atoms with van der Waals surface area (Å²) in [5.41, 5.74) is 2.19. The van der Waals surface area contributed by atoms with Crippen LogP contribution in [-0.4, -0.2) is 18.0 Å². The van der Waals surface area contributed by atoms with Gasteiger partial charge in [-0.25, -0.2) is 0 Å². The van der Waals surface area contributed by atoms with Crippen LogP contribution in [0.5, 0.6) is 5.75 Å². The van der Waals surface area contributed by atoms with E-state index in [-0.39, 0.29) is 10.2 Å². The van der Waals surface area contributed by atoms with Gasteiger partial charge in [0.05, 0.1) is 6.61 Å². The van der Waals surface area contributed by atoms with Gasteiger partial charge in [0.15, 0.2) is 0 Å². The zero-order chi connectivity index (χ0) is 13.8. The third-order valence-electron chi connectivity index (χ3n) is 2.93. The predicted molar refractivity (Wildman–Crippen MR) is 77.7 cm³/mol. The number of nitrogens with one attached hydrogen (secondary N) is 1. The molecule has 0 aliphatic carbocycles. The van der Waals surface area contributed by atoms with E-state index in [4.69, 9.17) is 4.74 Å². The van der Waals surface area contributed by atoms with E-state index < -0.39 is 0 Å². The number of hydrogen-bond acceptors (Lipinski definition) is 2. The van der Waals surface area contributed by atoms with Gasteiger partial charge in [-0.1, -0.05) is 26.0 Å². The highest BCUT2D eigenvalue weighted by molar-refractivity contribution is 9.18. The number of hydrogen-bond donors (Lipinski definition) is 1. The summed E-state index contributed by atoms with van der Waals surface area (Å²) in [7, 11) is 0. The van der Waals surface area contributed by atoms with Crippen LogP contribution in [-0.2, 0) is 5.41 Å². The number of amides is 1. The second-order valence-corrected chi connectivity index (χ2v) is 5.64. The van der Waals surface area contributed by atoms with Crippen molar-refractivity contribution in [1.82, 2.24) is 5.32 Å². The number of carbonyl (C=O) groups excluding carboxylic acids is 1. The summed E-state index contributed by atoms with van der Waals surface area (Å²) in [4.78, 5) is 10.7. The van der Waals surface area contributed by atoms with E-state index in [9.17, 15) is 4.79 Å². The van der Waals surface area contributed by atoms with Crippen molar-refractivity contribution in [2.45, 2.75) is 33.1 Å². The van der Waals surface area contributed by atoms with Crippen LogP contribution >= 0.6 is 15.9 Å². The Morgan fingerprint density at radius 2 is 2.11 bits per heavy atom. The Hall–Kier alpha value is -1.03. The summed E-state index contributed by atoms with van der Waals surface area (Å²) in [6.45, 7) is 9.47. The van der Waals surface area contributed by atoms with E-state index >= 15 is 0 Å². The molecule has 0 aliphatic rings. The Balaban J connectivity index is 2.88. The number of carbonyl (C=O) groups is 1. The maximum atomic E-state index is 10.9. The van der Waals surface area contributed by atoms with Crippen LogP contribution in [0.15, 0.2) is 18.2 Å². The number of rotatable bonds is 5.